The van der Waals surface area contributed by atoms with Crippen molar-refractivity contribution in [2.75, 3.05) is 6.61 Å². The molecule has 0 bridgehead atoms. The maximum Gasteiger partial charge on any atom is 0.303 e. The van der Waals surface area contributed by atoms with Crippen molar-refractivity contribution in [1.29, 1.82) is 0 Å². The highest BCUT2D eigenvalue weighted by molar-refractivity contribution is 6.29. The second-order valence-corrected chi connectivity index (χ2v) is 6.59. The lowest BCUT2D eigenvalue weighted by molar-refractivity contribution is -0.137. The summed E-state index contributed by atoms with van der Waals surface area (Å²) in [4.78, 5) is 14.9. The summed E-state index contributed by atoms with van der Waals surface area (Å²) in [5.74, 6) is -0.00159. The van der Waals surface area contributed by atoms with Crippen molar-refractivity contribution < 1.29 is 14.6 Å². The lowest BCUT2D eigenvalue weighted by Gasteiger charge is -2.09. The Balaban J connectivity index is 1.72. The maximum absolute atomic E-state index is 10.5. The van der Waals surface area contributed by atoms with Crippen LogP contribution in [0.3, 0.4) is 0 Å². The summed E-state index contributed by atoms with van der Waals surface area (Å²) in [7, 11) is 0. The van der Waals surface area contributed by atoms with Gasteiger partial charge in [-0.05, 0) is 62.1 Å². The van der Waals surface area contributed by atoms with Gasteiger partial charge in [-0.3, -0.25) is 9.36 Å². The van der Waals surface area contributed by atoms with Gasteiger partial charge in [0.15, 0.2) is 0 Å². The number of hydrogen-bond acceptors (Lipinski definition) is 3. The Morgan fingerprint density at radius 1 is 1.15 bits per heavy atom. The third-order valence-electron chi connectivity index (χ3n) is 4.18. The molecule has 0 atom stereocenters. The first kappa shape index (κ1) is 18.3. The summed E-state index contributed by atoms with van der Waals surface area (Å²) >= 11 is 6.34. The van der Waals surface area contributed by atoms with E-state index in [4.69, 9.17) is 21.4 Å². The molecule has 0 aliphatic rings. The van der Waals surface area contributed by atoms with E-state index in [-0.39, 0.29) is 6.42 Å². The summed E-state index contributed by atoms with van der Waals surface area (Å²) in [6.07, 6.45) is 2.54. The van der Waals surface area contributed by atoms with Gasteiger partial charge in [-0.1, -0.05) is 17.7 Å². The number of carboxylic acid groups (broad SMARTS) is 1. The van der Waals surface area contributed by atoms with Gasteiger partial charge in [0.05, 0.1) is 17.6 Å². The molecule has 5 nitrogen and oxygen atoms in total. The molecule has 2 aromatic carbocycles. The minimum atomic E-state index is -0.752. The van der Waals surface area contributed by atoms with Crippen molar-refractivity contribution in [3.8, 4) is 11.4 Å². The number of benzene rings is 2. The minimum Gasteiger partial charge on any atom is -0.494 e. The first-order valence-electron chi connectivity index (χ1n) is 8.64. The van der Waals surface area contributed by atoms with Crippen LogP contribution < -0.4 is 4.74 Å². The van der Waals surface area contributed by atoms with Gasteiger partial charge in [-0.2, -0.15) is 0 Å². The Kier molecular flexibility index (Phi) is 5.78. The predicted octanol–water partition coefficient (Wildman–Crippen LogP) is 5.01. The number of rotatable bonds is 8. The number of aliphatic carboxylic acids is 1. The third-order valence-corrected chi connectivity index (χ3v) is 4.43. The minimum absolute atomic E-state index is 0.209. The number of halogens is 1. The molecular formula is C20H21ClN2O3. The average Bonchev–Trinajstić information content (AvgIpc) is 2.94. The molecule has 1 aromatic heterocycles. The van der Waals surface area contributed by atoms with Gasteiger partial charge in [-0.15, -0.1) is 0 Å². The third kappa shape index (κ3) is 4.35. The zero-order valence-corrected chi connectivity index (χ0v) is 15.4. The predicted molar refractivity (Wildman–Crippen MR) is 102 cm³/mol. The maximum atomic E-state index is 10.5. The molecule has 1 heterocycles. The summed E-state index contributed by atoms with van der Waals surface area (Å²) in [5, 5.41) is 9.05. The molecule has 0 aliphatic heterocycles. The molecule has 0 unspecified atom stereocenters. The number of nitrogens with zero attached hydrogens (tertiary/aromatic N) is 2. The first-order chi connectivity index (χ1) is 12.5. The molecule has 6 heteroatoms. The Morgan fingerprint density at radius 2 is 1.92 bits per heavy atom. The lowest BCUT2D eigenvalue weighted by atomic mass is 10.2. The Hall–Kier alpha value is -2.53. The van der Waals surface area contributed by atoms with Crippen molar-refractivity contribution in [2.45, 2.75) is 32.6 Å². The van der Waals surface area contributed by atoms with Crippen LogP contribution in [0, 0.1) is 6.92 Å². The number of aryl methyl sites for hydroxylation is 1. The normalized spacial score (nSPS) is 11.0. The quantitative estimate of drug-likeness (QED) is 0.564. The highest BCUT2D eigenvalue weighted by Crippen LogP contribution is 2.28. The number of unbranched alkanes of at least 4 members (excludes halogenated alkanes) is 2. The second-order valence-electron chi connectivity index (χ2n) is 6.26. The highest BCUT2D eigenvalue weighted by atomic mass is 35.5. The van der Waals surface area contributed by atoms with Crippen LogP contribution in [-0.4, -0.2) is 27.2 Å². The zero-order chi connectivity index (χ0) is 18.5. The van der Waals surface area contributed by atoms with Crippen molar-refractivity contribution in [2.24, 2.45) is 0 Å². The van der Waals surface area contributed by atoms with Crippen LogP contribution in [0.5, 0.6) is 5.75 Å². The monoisotopic (exact) mass is 372 g/mol. The number of hydrogen-bond donors (Lipinski definition) is 1. The summed E-state index contributed by atoms with van der Waals surface area (Å²) in [6.45, 7) is 2.59. The zero-order valence-electron chi connectivity index (χ0n) is 14.6. The summed E-state index contributed by atoms with van der Waals surface area (Å²) in [6, 6.07) is 13.8. The molecule has 3 aromatic rings. The van der Waals surface area contributed by atoms with Gasteiger partial charge in [0.25, 0.3) is 0 Å². The van der Waals surface area contributed by atoms with E-state index < -0.39 is 5.97 Å². The second kappa shape index (κ2) is 8.23. The van der Waals surface area contributed by atoms with Crippen molar-refractivity contribution in [3.63, 3.8) is 0 Å². The van der Waals surface area contributed by atoms with Crippen LogP contribution in [0.2, 0.25) is 5.28 Å². The molecule has 1 N–H and O–H groups in total. The molecule has 0 spiro atoms. The standard InChI is InChI=1S/C20H21ClN2O3/c1-14-6-8-15(9-7-14)23-18-13-16(10-11-17(18)22-20(23)21)26-12-4-2-3-5-19(24)25/h6-11,13H,2-5,12H2,1H3,(H,24,25). The topological polar surface area (TPSA) is 64.4 Å². The van der Waals surface area contributed by atoms with Crippen LogP contribution in [-0.2, 0) is 4.79 Å². The highest BCUT2D eigenvalue weighted by Gasteiger charge is 2.12. The molecule has 0 saturated carbocycles. The summed E-state index contributed by atoms with van der Waals surface area (Å²) < 4.78 is 7.71. The van der Waals surface area contributed by atoms with Gasteiger partial charge >= 0.3 is 5.97 Å². The molecule has 0 radical (unpaired) electrons. The van der Waals surface area contributed by atoms with E-state index in [1.165, 1.54) is 5.56 Å². The van der Waals surface area contributed by atoms with Gasteiger partial charge in [0, 0.05) is 18.2 Å². The van der Waals surface area contributed by atoms with Gasteiger partial charge < -0.3 is 9.84 Å². The first-order valence-corrected chi connectivity index (χ1v) is 9.02. The molecule has 0 fully saturated rings. The van der Waals surface area contributed by atoms with E-state index in [9.17, 15) is 4.79 Å². The fraction of sp³-hybridized carbons (Fsp3) is 0.300. The lowest BCUT2D eigenvalue weighted by Crippen LogP contribution is -1.99. The van der Waals surface area contributed by atoms with E-state index in [1.807, 2.05) is 54.0 Å². The molecule has 0 aliphatic carbocycles. The van der Waals surface area contributed by atoms with Crippen molar-refractivity contribution in [1.82, 2.24) is 9.55 Å². The largest absolute Gasteiger partial charge is 0.494 e. The molecule has 26 heavy (non-hydrogen) atoms. The van der Waals surface area contributed by atoms with Gasteiger partial charge in [0.2, 0.25) is 5.28 Å². The Morgan fingerprint density at radius 3 is 2.65 bits per heavy atom. The van der Waals surface area contributed by atoms with E-state index in [0.717, 1.165) is 35.3 Å². The SMILES string of the molecule is Cc1ccc(-n2c(Cl)nc3ccc(OCCCCCC(=O)O)cc32)cc1. The number of imidazole rings is 1. The van der Waals surface area contributed by atoms with E-state index in [2.05, 4.69) is 4.98 Å². The van der Waals surface area contributed by atoms with E-state index >= 15 is 0 Å². The van der Waals surface area contributed by atoms with Crippen LogP contribution in [0.4, 0.5) is 0 Å². The number of aromatic nitrogens is 2. The number of ether oxygens (including phenoxy) is 1. The van der Waals surface area contributed by atoms with E-state index in [0.29, 0.717) is 18.3 Å². The molecular weight excluding hydrogens is 352 g/mol. The molecule has 0 amide bonds. The smallest absolute Gasteiger partial charge is 0.303 e. The van der Waals surface area contributed by atoms with E-state index in [1.54, 1.807) is 0 Å². The van der Waals surface area contributed by atoms with Crippen LogP contribution in [0.1, 0.15) is 31.2 Å². The van der Waals surface area contributed by atoms with Crippen molar-refractivity contribution >= 4 is 28.6 Å². The molecule has 3 rings (SSSR count). The average molecular weight is 373 g/mol. The Bertz CT molecular complexity index is 903. The number of carbonyl (C=O) groups is 1. The van der Waals surface area contributed by atoms with Crippen LogP contribution in [0.15, 0.2) is 42.5 Å². The van der Waals surface area contributed by atoms with Gasteiger partial charge in [-0.25, -0.2) is 4.98 Å². The Labute approximate surface area is 157 Å². The van der Waals surface area contributed by atoms with Crippen molar-refractivity contribution in [3.05, 3.63) is 53.3 Å². The fourth-order valence-electron chi connectivity index (χ4n) is 2.80. The summed E-state index contributed by atoms with van der Waals surface area (Å²) in [5.41, 5.74) is 3.83. The van der Waals surface area contributed by atoms with Crippen LogP contribution >= 0.6 is 11.6 Å². The molecule has 136 valence electrons. The number of carboxylic acids is 1. The molecule has 0 saturated heterocycles. The fourth-order valence-corrected chi connectivity index (χ4v) is 3.08. The van der Waals surface area contributed by atoms with Gasteiger partial charge in [0.1, 0.15) is 5.75 Å². The number of fused-ring (bicyclic) bond motifs is 1. The van der Waals surface area contributed by atoms with Crippen LogP contribution in [0.25, 0.3) is 16.7 Å².